The lowest BCUT2D eigenvalue weighted by Crippen LogP contribution is -2.49. The van der Waals surface area contributed by atoms with E-state index in [2.05, 4.69) is 10.4 Å². The zero-order valence-corrected chi connectivity index (χ0v) is 18.0. The maximum Gasteiger partial charge on any atom is 0.264 e. The normalized spacial score (nSPS) is 16.9. The molecule has 0 radical (unpaired) electrons. The summed E-state index contributed by atoms with van der Waals surface area (Å²) in [6, 6.07) is 9.50. The monoisotopic (exact) mass is 430 g/mol. The van der Waals surface area contributed by atoms with E-state index in [0.717, 1.165) is 34.4 Å². The number of nitrogens with one attached hydrogen (secondary N) is 1. The Kier molecular flexibility index (Phi) is 5.61. The van der Waals surface area contributed by atoms with Crippen LogP contribution in [0.3, 0.4) is 0 Å². The topological polar surface area (TPSA) is 67.2 Å². The largest absolute Gasteiger partial charge is 0.352 e. The maximum absolute atomic E-state index is 13.2. The van der Waals surface area contributed by atoms with Crippen LogP contribution in [0.2, 0.25) is 5.02 Å². The summed E-state index contributed by atoms with van der Waals surface area (Å²) in [7, 11) is 0. The molecule has 6 nitrogen and oxygen atoms in total. The number of piperidine rings is 1. The van der Waals surface area contributed by atoms with Gasteiger partial charge in [0.1, 0.15) is 4.83 Å². The molecule has 0 spiro atoms. The Morgan fingerprint density at radius 1 is 1.34 bits per heavy atom. The Balaban J connectivity index is 1.61. The van der Waals surface area contributed by atoms with Crippen molar-refractivity contribution in [3.05, 3.63) is 45.9 Å². The van der Waals surface area contributed by atoms with Crippen molar-refractivity contribution in [2.45, 2.75) is 39.2 Å². The third-order valence-corrected chi connectivity index (χ3v) is 6.65. The number of carbonyl (C=O) groups excluding carboxylic acids is 2. The number of amides is 2. The molecule has 1 unspecified atom stereocenters. The zero-order valence-electron chi connectivity index (χ0n) is 16.4. The third-order valence-electron chi connectivity index (χ3n) is 5.23. The Bertz CT molecular complexity index is 1070. The number of likely N-dealkylation sites (tertiary alicyclic amines) is 1. The number of para-hydroxylation sites is 1. The van der Waals surface area contributed by atoms with Crippen molar-refractivity contribution in [3.8, 4) is 5.69 Å². The standard InChI is InChI=1S/C21H23ClN4O2S/c1-3-19(27)23-14-7-6-10-25(12-14)20(28)18-11-15-13(2)24-26(21(15)29-18)17-9-5-4-8-16(17)22/h4-5,8-9,11,14H,3,6-7,10,12H2,1-2H3,(H,23,27). The van der Waals surface area contributed by atoms with Crippen molar-refractivity contribution >= 4 is 45.0 Å². The van der Waals surface area contributed by atoms with Crippen LogP contribution in [0, 0.1) is 6.92 Å². The first kappa shape index (κ1) is 19.9. The van der Waals surface area contributed by atoms with Crippen LogP contribution in [0.25, 0.3) is 15.9 Å². The van der Waals surface area contributed by atoms with E-state index < -0.39 is 0 Å². The van der Waals surface area contributed by atoms with Gasteiger partial charge < -0.3 is 10.2 Å². The van der Waals surface area contributed by atoms with E-state index in [1.807, 2.05) is 53.8 Å². The van der Waals surface area contributed by atoms with E-state index >= 15 is 0 Å². The number of nitrogens with zero attached hydrogens (tertiary/aromatic N) is 3. The fraction of sp³-hybridized carbons (Fsp3) is 0.381. The van der Waals surface area contributed by atoms with Gasteiger partial charge >= 0.3 is 0 Å². The number of hydrogen-bond donors (Lipinski definition) is 1. The minimum atomic E-state index is 0.00626. The molecular weight excluding hydrogens is 408 g/mol. The lowest BCUT2D eigenvalue weighted by molar-refractivity contribution is -0.121. The predicted molar refractivity (Wildman–Crippen MR) is 116 cm³/mol. The highest BCUT2D eigenvalue weighted by atomic mass is 35.5. The van der Waals surface area contributed by atoms with Gasteiger partial charge in [-0.1, -0.05) is 30.7 Å². The first-order valence-corrected chi connectivity index (χ1v) is 11.0. The van der Waals surface area contributed by atoms with Crippen LogP contribution in [0.5, 0.6) is 0 Å². The molecule has 1 N–H and O–H groups in total. The molecule has 1 aliphatic rings. The van der Waals surface area contributed by atoms with Gasteiger partial charge in [0.05, 0.1) is 21.3 Å². The Morgan fingerprint density at radius 3 is 2.90 bits per heavy atom. The molecular formula is C21H23ClN4O2S. The minimum Gasteiger partial charge on any atom is -0.352 e. The Labute approximate surface area is 178 Å². The van der Waals surface area contributed by atoms with Crippen molar-refractivity contribution in [1.29, 1.82) is 0 Å². The van der Waals surface area contributed by atoms with Crippen LogP contribution < -0.4 is 5.32 Å². The quantitative estimate of drug-likeness (QED) is 0.675. The molecule has 1 saturated heterocycles. The van der Waals surface area contributed by atoms with Gasteiger partial charge in [0.2, 0.25) is 5.91 Å². The lowest BCUT2D eigenvalue weighted by Gasteiger charge is -2.32. The second kappa shape index (κ2) is 8.16. The van der Waals surface area contributed by atoms with E-state index in [4.69, 9.17) is 11.6 Å². The summed E-state index contributed by atoms with van der Waals surface area (Å²) < 4.78 is 1.81. The summed E-state index contributed by atoms with van der Waals surface area (Å²) in [6.45, 7) is 5.03. The Morgan fingerprint density at radius 2 is 2.14 bits per heavy atom. The average molecular weight is 431 g/mol. The van der Waals surface area contributed by atoms with E-state index in [1.54, 1.807) is 0 Å². The predicted octanol–water partition coefficient (Wildman–Crippen LogP) is 4.18. The first-order chi connectivity index (χ1) is 14.0. The number of benzene rings is 1. The highest BCUT2D eigenvalue weighted by Gasteiger charge is 2.27. The number of aromatic nitrogens is 2. The van der Waals surface area contributed by atoms with Gasteiger partial charge in [-0.05, 0) is 38.0 Å². The van der Waals surface area contributed by atoms with Crippen LogP contribution in [-0.2, 0) is 4.79 Å². The second-order valence-corrected chi connectivity index (χ2v) is 8.73. The van der Waals surface area contributed by atoms with Crippen molar-refractivity contribution in [1.82, 2.24) is 20.0 Å². The second-order valence-electron chi connectivity index (χ2n) is 7.29. The van der Waals surface area contributed by atoms with Crippen molar-refractivity contribution < 1.29 is 9.59 Å². The SMILES string of the molecule is CCC(=O)NC1CCCN(C(=O)c2cc3c(C)nn(-c4ccccc4Cl)c3s2)C1. The molecule has 0 aliphatic carbocycles. The number of rotatable bonds is 4. The van der Waals surface area contributed by atoms with Crippen LogP contribution in [-0.4, -0.2) is 45.6 Å². The van der Waals surface area contributed by atoms with E-state index in [9.17, 15) is 9.59 Å². The van der Waals surface area contributed by atoms with E-state index in [0.29, 0.717) is 29.4 Å². The molecule has 2 amide bonds. The highest BCUT2D eigenvalue weighted by molar-refractivity contribution is 7.20. The van der Waals surface area contributed by atoms with Gasteiger partial charge in [0.25, 0.3) is 5.91 Å². The highest BCUT2D eigenvalue weighted by Crippen LogP contribution is 2.33. The van der Waals surface area contributed by atoms with Crippen LogP contribution >= 0.6 is 22.9 Å². The summed E-state index contributed by atoms with van der Waals surface area (Å²) >= 11 is 7.80. The molecule has 2 aromatic heterocycles. The van der Waals surface area contributed by atoms with Gasteiger partial charge in [0.15, 0.2) is 0 Å². The zero-order chi connectivity index (χ0) is 20.5. The molecule has 1 fully saturated rings. The summed E-state index contributed by atoms with van der Waals surface area (Å²) in [6.07, 6.45) is 2.25. The molecule has 1 aliphatic heterocycles. The average Bonchev–Trinajstić information content (AvgIpc) is 3.29. The van der Waals surface area contributed by atoms with Gasteiger partial charge in [-0.25, -0.2) is 4.68 Å². The van der Waals surface area contributed by atoms with Gasteiger partial charge in [0, 0.05) is 30.9 Å². The van der Waals surface area contributed by atoms with Crippen LogP contribution in [0.15, 0.2) is 30.3 Å². The summed E-state index contributed by atoms with van der Waals surface area (Å²) in [5.41, 5.74) is 1.66. The molecule has 3 aromatic rings. The van der Waals surface area contributed by atoms with Gasteiger partial charge in [-0.3, -0.25) is 9.59 Å². The number of carbonyl (C=O) groups is 2. The fourth-order valence-electron chi connectivity index (χ4n) is 3.70. The first-order valence-electron chi connectivity index (χ1n) is 9.80. The number of aryl methyl sites for hydroxylation is 1. The number of halogens is 1. The minimum absolute atomic E-state index is 0.00626. The van der Waals surface area contributed by atoms with Crippen molar-refractivity contribution in [2.24, 2.45) is 0 Å². The smallest absolute Gasteiger partial charge is 0.264 e. The van der Waals surface area contributed by atoms with Crippen LogP contribution in [0.4, 0.5) is 0 Å². The lowest BCUT2D eigenvalue weighted by atomic mass is 10.1. The molecule has 3 heterocycles. The molecule has 0 saturated carbocycles. The van der Waals surface area contributed by atoms with Crippen LogP contribution in [0.1, 0.15) is 41.6 Å². The number of thiophene rings is 1. The molecule has 0 bridgehead atoms. The molecule has 8 heteroatoms. The molecule has 1 atom stereocenters. The van der Waals surface area contributed by atoms with E-state index in [-0.39, 0.29) is 17.9 Å². The molecule has 29 heavy (non-hydrogen) atoms. The molecule has 4 rings (SSSR count). The van der Waals surface area contributed by atoms with E-state index in [1.165, 1.54) is 11.3 Å². The summed E-state index contributed by atoms with van der Waals surface area (Å²) in [5, 5.41) is 9.21. The number of hydrogen-bond acceptors (Lipinski definition) is 4. The fourth-order valence-corrected chi connectivity index (χ4v) is 5.06. The third kappa shape index (κ3) is 3.89. The van der Waals surface area contributed by atoms with Crippen molar-refractivity contribution in [3.63, 3.8) is 0 Å². The molecule has 152 valence electrons. The van der Waals surface area contributed by atoms with Gasteiger partial charge in [-0.2, -0.15) is 5.10 Å². The Hall–Kier alpha value is -2.38. The van der Waals surface area contributed by atoms with Crippen molar-refractivity contribution in [2.75, 3.05) is 13.1 Å². The summed E-state index contributed by atoms with van der Waals surface area (Å²) in [4.78, 5) is 28.3. The number of fused-ring (bicyclic) bond motifs is 1. The van der Waals surface area contributed by atoms with Gasteiger partial charge in [-0.15, -0.1) is 11.3 Å². The summed E-state index contributed by atoms with van der Waals surface area (Å²) in [5.74, 6) is 0.0355. The maximum atomic E-state index is 13.2. The molecule has 1 aromatic carbocycles.